The Morgan fingerprint density at radius 2 is 1.25 bits per heavy atom. The summed E-state index contributed by atoms with van der Waals surface area (Å²) in [5.74, 6) is 0. The van der Waals surface area contributed by atoms with Gasteiger partial charge in [-0.1, -0.05) is 6.92 Å². The van der Waals surface area contributed by atoms with Crippen LogP contribution in [-0.2, 0) is 0 Å². The molecule has 0 saturated carbocycles. The zero-order chi connectivity index (χ0) is 19.4. The minimum atomic E-state index is 0. The molecular weight excluding hydrogens is 582 g/mol. The first-order valence-electron chi connectivity index (χ1n) is 10.8. The van der Waals surface area contributed by atoms with Gasteiger partial charge in [0.2, 0.25) is 0 Å². The summed E-state index contributed by atoms with van der Waals surface area (Å²) in [7, 11) is 0. The molecule has 7 N–H and O–H groups in total. The maximum atomic E-state index is 3.59. The molecule has 0 amide bonds. The molecule has 0 unspecified atom stereocenters. The van der Waals surface area contributed by atoms with E-state index in [0.29, 0.717) is 0 Å². The van der Waals surface area contributed by atoms with Crippen molar-refractivity contribution in [1.82, 2.24) is 35.0 Å². The predicted octanol–water partition coefficient (Wildman–Crippen LogP) is -5.90. The molecule has 0 radical (unpaired) electrons. The highest BCUT2D eigenvalue weighted by Crippen LogP contribution is 1.94. The van der Waals surface area contributed by atoms with E-state index in [2.05, 4.69) is 64.8 Å². The van der Waals surface area contributed by atoms with Crippen molar-refractivity contribution in [2.24, 2.45) is 0 Å². The fraction of sp³-hybridized carbons (Fsp3) is 1.00. The van der Waals surface area contributed by atoms with Crippen molar-refractivity contribution in [2.75, 3.05) is 111 Å². The highest BCUT2D eigenvalue weighted by molar-refractivity contribution is 14.1. The molecule has 8 nitrogen and oxygen atoms in total. The molecule has 0 atom stereocenters. The quantitative estimate of drug-likeness (QED) is 0.0863. The molecule has 170 valence electrons. The number of nitrogens with one attached hydrogen (secondary N) is 7. The van der Waals surface area contributed by atoms with Gasteiger partial charge in [-0.2, -0.15) is 0 Å². The molecule has 0 aromatic heterocycles. The van der Waals surface area contributed by atoms with Crippen molar-refractivity contribution >= 4 is 22.9 Å². The number of hydrogen-bond donors (Lipinski definition) is 7. The molecular formula is C18H44I2N8. The Morgan fingerprint density at radius 3 is 1.79 bits per heavy atom. The summed E-state index contributed by atoms with van der Waals surface area (Å²) >= 11 is 2.43. The predicted molar refractivity (Wildman–Crippen MR) is 124 cm³/mol. The van der Waals surface area contributed by atoms with Gasteiger partial charge in [0.15, 0.2) is 0 Å². The zero-order valence-electron chi connectivity index (χ0n) is 17.7. The Kier molecular flexibility index (Phi) is 23.7. The molecule has 28 heavy (non-hydrogen) atoms. The molecule has 10 heteroatoms. The van der Waals surface area contributed by atoms with Crippen LogP contribution in [0, 0.1) is 0 Å². The first-order chi connectivity index (χ1) is 13.3. The van der Waals surface area contributed by atoms with Crippen LogP contribution < -0.4 is 60.8 Å². The van der Waals surface area contributed by atoms with Crippen LogP contribution in [0.15, 0.2) is 0 Å². The number of halogens is 2. The second kappa shape index (κ2) is 22.8. The maximum Gasteiger partial charge on any atom is 0.0898 e. The molecule has 0 aliphatic carbocycles. The van der Waals surface area contributed by atoms with Gasteiger partial charge in [0, 0.05) is 108 Å². The van der Waals surface area contributed by atoms with E-state index in [4.69, 9.17) is 0 Å². The second-order valence-electron chi connectivity index (χ2n) is 7.01. The first kappa shape index (κ1) is 29.1. The number of likely N-dealkylation sites (N-methyl/N-ethyl adjacent to an activating group) is 1. The van der Waals surface area contributed by atoms with Crippen LogP contribution in [0.1, 0.15) is 6.92 Å². The Balaban J connectivity index is 0.00000729. The Hall–Kier alpha value is 1.14. The summed E-state index contributed by atoms with van der Waals surface area (Å²) in [6.45, 7) is 20.7. The van der Waals surface area contributed by atoms with E-state index in [0.717, 1.165) is 91.6 Å². The monoisotopic (exact) mass is 626 g/mol. The Bertz CT molecular complexity index is 295. The number of quaternary nitrogens is 1. The molecule has 1 saturated heterocycles. The highest BCUT2D eigenvalue weighted by Gasteiger charge is 2.08. The number of hydrogen-bond acceptors (Lipinski definition) is 7. The van der Waals surface area contributed by atoms with Gasteiger partial charge in [-0.15, -0.1) is 0 Å². The van der Waals surface area contributed by atoms with Crippen molar-refractivity contribution in [3.63, 3.8) is 0 Å². The molecule has 0 aromatic carbocycles. The molecule has 0 spiro atoms. The lowest BCUT2D eigenvalue weighted by Crippen LogP contribution is -3.14. The highest BCUT2D eigenvalue weighted by atomic mass is 127. The van der Waals surface area contributed by atoms with E-state index in [9.17, 15) is 0 Å². The molecule has 1 aliphatic heterocycles. The average Bonchev–Trinajstić information content (AvgIpc) is 2.67. The lowest BCUT2D eigenvalue weighted by molar-refractivity contribution is -0.896. The van der Waals surface area contributed by atoms with Crippen molar-refractivity contribution < 1.29 is 28.9 Å². The summed E-state index contributed by atoms with van der Waals surface area (Å²) in [6, 6.07) is 0. The standard InChI is InChI=1S/C18H43IN8.HI/c1-2-20-3-4-21-9-14-26-15-10-22-5-7-24-12-17-27(19)18-13-25-8-6-23-11-16-26;/h20-25H,2-18H2,1H3;1H. The van der Waals surface area contributed by atoms with Crippen LogP contribution in [-0.4, -0.2) is 114 Å². The maximum absolute atomic E-state index is 3.59. The lowest BCUT2D eigenvalue weighted by Gasteiger charge is -2.21. The van der Waals surface area contributed by atoms with Crippen LogP contribution in [0.5, 0.6) is 0 Å². The van der Waals surface area contributed by atoms with Crippen LogP contribution in [0.3, 0.4) is 0 Å². The van der Waals surface area contributed by atoms with E-state index in [1.165, 1.54) is 19.6 Å². The van der Waals surface area contributed by atoms with Crippen LogP contribution in [0.25, 0.3) is 0 Å². The van der Waals surface area contributed by atoms with Gasteiger partial charge in [0.1, 0.15) is 0 Å². The summed E-state index contributed by atoms with van der Waals surface area (Å²) in [4.78, 5) is 1.67. The zero-order valence-corrected chi connectivity index (χ0v) is 22.0. The van der Waals surface area contributed by atoms with Gasteiger partial charge >= 0.3 is 0 Å². The summed E-state index contributed by atoms with van der Waals surface area (Å²) in [6.07, 6.45) is 0. The topological polar surface area (TPSA) is 79.9 Å². The van der Waals surface area contributed by atoms with E-state index < -0.39 is 0 Å². The Morgan fingerprint density at radius 1 is 0.750 bits per heavy atom. The molecule has 1 rings (SSSR count). The molecule has 0 bridgehead atoms. The largest absolute Gasteiger partial charge is 1.00 e. The normalized spacial score (nSPS) is 20.8. The van der Waals surface area contributed by atoms with Gasteiger partial charge < -0.3 is 60.8 Å². The van der Waals surface area contributed by atoms with Crippen LogP contribution in [0.4, 0.5) is 0 Å². The third-order valence-corrected chi connectivity index (χ3v) is 5.68. The lowest BCUT2D eigenvalue weighted by atomic mass is 10.4. The number of nitrogens with zero attached hydrogens (tertiary/aromatic N) is 1. The summed E-state index contributed by atoms with van der Waals surface area (Å²) in [5.41, 5.74) is 0. The summed E-state index contributed by atoms with van der Waals surface area (Å²) < 4.78 is 2.36. The van der Waals surface area contributed by atoms with Gasteiger partial charge in [-0.25, -0.2) is 3.11 Å². The SMILES string of the molecule is CCNCCNCC[NH+]1CCNCCNCCN(I)CCNCCNCC1.[I-]. The molecule has 1 fully saturated rings. The second-order valence-corrected chi connectivity index (χ2v) is 8.38. The van der Waals surface area contributed by atoms with Crippen molar-refractivity contribution in [1.29, 1.82) is 0 Å². The van der Waals surface area contributed by atoms with E-state index >= 15 is 0 Å². The van der Waals surface area contributed by atoms with Gasteiger partial charge in [-0.05, 0) is 6.54 Å². The van der Waals surface area contributed by atoms with Crippen molar-refractivity contribution in [3.05, 3.63) is 0 Å². The number of rotatable bonds is 7. The summed E-state index contributed by atoms with van der Waals surface area (Å²) in [5, 5.41) is 21.1. The van der Waals surface area contributed by atoms with Crippen molar-refractivity contribution in [2.45, 2.75) is 6.92 Å². The Labute approximate surface area is 204 Å². The van der Waals surface area contributed by atoms with Gasteiger partial charge in [0.25, 0.3) is 0 Å². The van der Waals surface area contributed by atoms with E-state index in [-0.39, 0.29) is 24.0 Å². The first-order valence-corrected chi connectivity index (χ1v) is 11.8. The van der Waals surface area contributed by atoms with E-state index in [1.54, 1.807) is 4.90 Å². The minimum absolute atomic E-state index is 0. The van der Waals surface area contributed by atoms with Gasteiger partial charge in [0.05, 0.1) is 19.6 Å². The third kappa shape index (κ3) is 19.1. The molecule has 1 aliphatic rings. The van der Waals surface area contributed by atoms with Gasteiger partial charge in [-0.3, -0.25) is 0 Å². The molecule has 0 aromatic rings. The average molecular weight is 626 g/mol. The molecule has 1 heterocycles. The van der Waals surface area contributed by atoms with Crippen LogP contribution >= 0.6 is 22.9 Å². The van der Waals surface area contributed by atoms with Crippen LogP contribution in [0.2, 0.25) is 0 Å². The van der Waals surface area contributed by atoms with Crippen molar-refractivity contribution in [3.8, 4) is 0 Å². The van der Waals surface area contributed by atoms with E-state index in [1.807, 2.05) is 0 Å². The fourth-order valence-corrected chi connectivity index (χ4v) is 3.50. The minimum Gasteiger partial charge on any atom is -1.00 e. The smallest absolute Gasteiger partial charge is 0.0898 e. The fourth-order valence-electron chi connectivity index (χ4n) is 3.02. The third-order valence-electron chi connectivity index (χ3n) is 4.71.